The quantitative estimate of drug-likeness (QED) is 0.751. The molecular weight excluding hydrogens is 314 g/mol. The van der Waals surface area contributed by atoms with Crippen LogP contribution in [0.3, 0.4) is 0 Å². The Hall–Kier alpha value is -2.11. The van der Waals surface area contributed by atoms with Crippen molar-refractivity contribution in [2.75, 3.05) is 18.4 Å². The Bertz CT molecular complexity index is 584. The minimum Gasteiger partial charge on any atom is -0.331 e. The van der Waals surface area contributed by atoms with Crippen LogP contribution < -0.4 is 11.1 Å². The van der Waals surface area contributed by atoms with Crippen molar-refractivity contribution in [3.05, 3.63) is 55.1 Å². The maximum atomic E-state index is 12.4. The lowest BCUT2D eigenvalue weighted by Gasteiger charge is -2.19. The molecule has 2 amide bonds. The molecule has 6 heteroatoms. The molecule has 1 aliphatic carbocycles. The molecule has 3 N–H and O–H groups in total. The predicted molar refractivity (Wildman–Crippen MR) is 94.8 cm³/mol. The molecule has 0 radical (unpaired) electrons. The summed E-state index contributed by atoms with van der Waals surface area (Å²) in [5.74, 6) is -0.276. The number of anilines is 1. The molecule has 2 rings (SSSR count). The Morgan fingerprint density at radius 3 is 2.13 bits per heavy atom. The lowest BCUT2D eigenvalue weighted by molar-refractivity contribution is -0.118. The number of amides is 2. The van der Waals surface area contributed by atoms with E-state index in [0.29, 0.717) is 37.2 Å². The minimum absolute atomic E-state index is 0. The van der Waals surface area contributed by atoms with E-state index in [0.717, 1.165) is 0 Å². The summed E-state index contributed by atoms with van der Waals surface area (Å²) in [5.41, 5.74) is 6.31. The van der Waals surface area contributed by atoms with Crippen LogP contribution in [0.5, 0.6) is 0 Å². The summed E-state index contributed by atoms with van der Waals surface area (Å²) in [6.45, 7) is 8.21. The van der Waals surface area contributed by atoms with Gasteiger partial charge in [-0.2, -0.15) is 0 Å². The molecule has 0 saturated heterocycles. The first-order valence-electron chi connectivity index (χ1n) is 7.21. The number of carbonyl (C=O) groups excluding carboxylic acids is 2. The van der Waals surface area contributed by atoms with E-state index in [1.807, 2.05) is 0 Å². The first-order valence-corrected chi connectivity index (χ1v) is 7.21. The standard InChI is InChI=1S/C17H21N3O2.ClH/c1-3-11-20(12-4-2)15(21)13-5-7-14(8-6-13)19-16(22)17(18)9-10-17;/h3-8H,1-2,9-12,18H2,(H,19,22);1H. The topological polar surface area (TPSA) is 75.4 Å². The highest BCUT2D eigenvalue weighted by molar-refractivity contribution is 6.00. The van der Waals surface area contributed by atoms with Gasteiger partial charge in [0, 0.05) is 24.3 Å². The van der Waals surface area contributed by atoms with Gasteiger partial charge < -0.3 is 16.0 Å². The van der Waals surface area contributed by atoms with Gasteiger partial charge in [0.25, 0.3) is 5.91 Å². The summed E-state index contributed by atoms with van der Waals surface area (Å²) in [6.07, 6.45) is 4.78. The average molecular weight is 336 g/mol. The highest BCUT2D eigenvalue weighted by atomic mass is 35.5. The zero-order valence-corrected chi connectivity index (χ0v) is 13.8. The number of hydrogen-bond acceptors (Lipinski definition) is 3. The number of rotatable bonds is 7. The number of hydrogen-bond donors (Lipinski definition) is 2. The zero-order chi connectivity index (χ0) is 16.2. The molecule has 5 nitrogen and oxygen atoms in total. The maximum absolute atomic E-state index is 12.4. The molecular formula is C17H22ClN3O2. The Morgan fingerprint density at radius 1 is 1.17 bits per heavy atom. The largest absolute Gasteiger partial charge is 0.331 e. The molecule has 0 atom stereocenters. The Labute approximate surface area is 142 Å². The molecule has 23 heavy (non-hydrogen) atoms. The molecule has 0 unspecified atom stereocenters. The van der Waals surface area contributed by atoms with Crippen LogP contribution in [0.15, 0.2) is 49.6 Å². The highest BCUT2D eigenvalue weighted by Crippen LogP contribution is 2.33. The Balaban J connectivity index is 0.00000264. The molecule has 0 spiro atoms. The second-order valence-corrected chi connectivity index (χ2v) is 5.48. The highest BCUT2D eigenvalue weighted by Gasteiger charge is 2.45. The van der Waals surface area contributed by atoms with Gasteiger partial charge in [-0.15, -0.1) is 25.6 Å². The van der Waals surface area contributed by atoms with E-state index in [9.17, 15) is 9.59 Å². The van der Waals surface area contributed by atoms with E-state index >= 15 is 0 Å². The van der Waals surface area contributed by atoms with Crippen LogP contribution in [0.1, 0.15) is 23.2 Å². The fraction of sp³-hybridized carbons (Fsp3) is 0.294. The molecule has 124 valence electrons. The van der Waals surface area contributed by atoms with Crippen LogP contribution in [-0.2, 0) is 4.79 Å². The number of nitrogens with two attached hydrogens (primary N) is 1. The third kappa shape index (κ3) is 4.68. The summed E-state index contributed by atoms with van der Waals surface area (Å²) < 4.78 is 0. The number of carbonyl (C=O) groups is 2. The van der Waals surface area contributed by atoms with Crippen LogP contribution in [0.4, 0.5) is 5.69 Å². The van der Waals surface area contributed by atoms with Crippen molar-refractivity contribution in [1.82, 2.24) is 4.90 Å². The van der Waals surface area contributed by atoms with Crippen molar-refractivity contribution >= 4 is 29.9 Å². The van der Waals surface area contributed by atoms with Gasteiger partial charge in [0.1, 0.15) is 0 Å². The van der Waals surface area contributed by atoms with Crippen LogP contribution in [0.25, 0.3) is 0 Å². The first kappa shape index (κ1) is 18.9. The average Bonchev–Trinajstić information content (AvgIpc) is 3.26. The fourth-order valence-electron chi connectivity index (χ4n) is 2.05. The van der Waals surface area contributed by atoms with Gasteiger partial charge in [0.2, 0.25) is 5.91 Å². The van der Waals surface area contributed by atoms with Crippen molar-refractivity contribution in [2.45, 2.75) is 18.4 Å². The van der Waals surface area contributed by atoms with Gasteiger partial charge in [-0.1, -0.05) is 12.2 Å². The van der Waals surface area contributed by atoms with Gasteiger partial charge in [0.15, 0.2) is 0 Å². The molecule has 1 aromatic rings. The number of benzene rings is 1. The van der Waals surface area contributed by atoms with E-state index in [2.05, 4.69) is 18.5 Å². The summed E-state index contributed by atoms with van der Waals surface area (Å²) in [7, 11) is 0. The smallest absolute Gasteiger partial charge is 0.254 e. The predicted octanol–water partition coefficient (Wildman–Crippen LogP) is 2.35. The van der Waals surface area contributed by atoms with E-state index in [1.165, 1.54) is 0 Å². The van der Waals surface area contributed by atoms with Crippen LogP contribution in [0.2, 0.25) is 0 Å². The minimum atomic E-state index is -0.709. The number of nitrogens with one attached hydrogen (secondary N) is 1. The summed E-state index contributed by atoms with van der Waals surface area (Å²) in [5, 5.41) is 2.77. The molecule has 0 aliphatic heterocycles. The van der Waals surface area contributed by atoms with Gasteiger partial charge in [0.05, 0.1) is 5.54 Å². The normalized spacial score (nSPS) is 14.1. The molecule has 1 saturated carbocycles. The number of nitrogens with zero attached hydrogens (tertiary/aromatic N) is 1. The summed E-state index contributed by atoms with van der Waals surface area (Å²) in [4.78, 5) is 25.8. The van der Waals surface area contributed by atoms with Crippen molar-refractivity contribution < 1.29 is 9.59 Å². The van der Waals surface area contributed by atoms with E-state index in [1.54, 1.807) is 41.3 Å². The van der Waals surface area contributed by atoms with Gasteiger partial charge in [-0.3, -0.25) is 9.59 Å². The molecule has 0 aromatic heterocycles. The van der Waals surface area contributed by atoms with Crippen molar-refractivity contribution in [2.24, 2.45) is 5.73 Å². The van der Waals surface area contributed by atoms with E-state index < -0.39 is 5.54 Å². The molecule has 1 aromatic carbocycles. The summed E-state index contributed by atoms with van der Waals surface area (Å²) in [6, 6.07) is 6.79. The van der Waals surface area contributed by atoms with E-state index in [4.69, 9.17) is 5.73 Å². The van der Waals surface area contributed by atoms with E-state index in [-0.39, 0.29) is 24.2 Å². The SMILES string of the molecule is C=CCN(CC=C)C(=O)c1ccc(NC(=O)C2(N)CC2)cc1.Cl. The maximum Gasteiger partial charge on any atom is 0.254 e. The van der Waals surface area contributed by atoms with Crippen molar-refractivity contribution in [1.29, 1.82) is 0 Å². The lowest BCUT2D eigenvalue weighted by Crippen LogP contribution is -2.37. The van der Waals surface area contributed by atoms with Crippen LogP contribution >= 0.6 is 12.4 Å². The van der Waals surface area contributed by atoms with Gasteiger partial charge in [-0.25, -0.2) is 0 Å². The fourth-order valence-corrected chi connectivity index (χ4v) is 2.05. The lowest BCUT2D eigenvalue weighted by atomic mass is 10.1. The first-order chi connectivity index (χ1) is 10.5. The zero-order valence-electron chi connectivity index (χ0n) is 13.0. The Morgan fingerprint density at radius 2 is 1.70 bits per heavy atom. The van der Waals surface area contributed by atoms with Crippen LogP contribution in [-0.4, -0.2) is 35.3 Å². The van der Waals surface area contributed by atoms with Gasteiger partial charge >= 0.3 is 0 Å². The van der Waals surface area contributed by atoms with Gasteiger partial charge in [-0.05, 0) is 37.1 Å². The Kier molecular flexibility index (Phi) is 6.54. The monoisotopic (exact) mass is 335 g/mol. The number of halogens is 1. The third-order valence-corrected chi connectivity index (χ3v) is 3.62. The van der Waals surface area contributed by atoms with Crippen LogP contribution in [0, 0.1) is 0 Å². The second kappa shape index (κ2) is 7.94. The second-order valence-electron chi connectivity index (χ2n) is 5.48. The van der Waals surface area contributed by atoms with Crippen molar-refractivity contribution in [3.63, 3.8) is 0 Å². The molecule has 1 fully saturated rings. The van der Waals surface area contributed by atoms with Crippen molar-refractivity contribution in [3.8, 4) is 0 Å². The summed E-state index contributed by atoms with van der Waals surface area (Å²) >= 11 is 0. The third-order valence-electron chi connectivity index (χ3n) is 3.62. The molecule has 0 bridgehead atoms. The molecule has 1 aliphatic rings. The molecule has 0 heterocycles.